The van der Waals surface area contributed by atoms with E-state index >= 15 is 0 Å². The van der Waals surface area contributed by atoms with E-state index in [-0.39, 0.29) is 30.5 Å². The van der Waals surface area contributed by atoms with E-state index in [1.165, 1.54) is 17.3 Å². The Morgan fingerprint density at radius 3 is 2.72 bits per heavy atom. The maximum atomic E-state index is 13.1. The van der Waals surface area contributed by atoms with E-state index in [9.17, 15) is 4.79 Å². The number of pyridine rings is 1. The maximum absolute atomic E-state index is 13.1. The van der Waals surface area contributed by atoms with Crippen LogP contribution in [0.25, 0.3) is 0 Å². The third kappa shape index (κ3) is 5.12. The summed E-state index contributed by atoms with van der Waals surface area (Å²) in [5.74, 6) is 1.17. The lowest BCUT2D eigenvalue weighted by Crippen LogP contribution is -2.25. The number of fused-ring (bicyclic) bond motifs is 1. The molecule has 0 saturated carbocycles. The van der Waals surface area contributed by atoms with Crippen LogP contribution in [0.15, 0.2) is 73.1 Å². The average molecular weight is 482 g/mol. The molecular formula is C28H27N5O3. The van der Waals surface area contributed by atoms with Gasteiger partial charge in [-0.3, -0.25) is 9.78 Å². The smallest absolute Gasteiger partial charge is 0.258 e. The predicted molar refractivity (Wildman–Crippen MR) is 137 cm³/mol. The van der Waals surface area contributed by atoms with Crippen molar-refractivity contribution in [2.45, 2.75) is 26.5 Å². The van der Waals surface area contributed by atoms with E-state index in [4.69, 9.17) is 14.5 Å². The van der Waals surface area contributed by atoms with Crippen LogP contribution >= 0.6 is 0 Å². The third-order valence-electron chi connectivity index (χ3n) is 6.05. The lowest BCUT2D eigenvalue weighted by atomic mass is 10.1. The minimum atomic E-state index is -0.325. The van der Waals surface area contributed by atoms with Crippen LogP contribution in [-0.4, -0.2) is 34.5 Å². The molecular weight excluding hydrogens is 454 g/mol. The van der Waals surface area contributed by atoms with Gasteiger partial charge in [0.25, 0.3) is 5.91 Å². The summed E-state index contributed by atoms with van der Waals surface area (Å²) in [7, 11) is 1.63. The van der Waals surface area contributed by atoms with Crippen molar-refractivity contribution >= 4 is 17.5 Å². The first-order chi connectivity index (χ1) is 17.6. The Balaban J connectivity index is 1.41. The second-order valence-corrected chi connectivity index (χ2v) is 8.56. The van der Waals surface area contributed by atoms with E-state index in [2.05, 4.69) is 45.3 Å². The molecule has 1 amide bonds. The van der Waals surface area contributed by atoms with Crippen LogP contribution in [0.1, 0.15) is 32.7 Å². The molecule has 0 radical (unpaired) electrons. The van der Waals surface area contributed by atoms with Crippen molar-refractivity contribution < 1.29 is 14.3 Å². The Morgan fingerprint density at radius 2 is 1.94 bits per heavy atom. The molecule has 0 fully saturated rings. The topological polar surface area (TPSA) is 89.5 Å². The summed E-state index contributed by atoms with van der Waals surface area (Å²) >= 11 is 0. The number of carbonyl (C=O) groups excluding carboxylic acids is 1. The van der Waals surface area contributed by atoms with E-state index in [0.717, 1.165) is 35.7 Å². The summed E-state index contributed by atoms with van der Waals surface area (Å²) in [4.78, 5) is 28.6. The van der Waals surface area contributed by atoms with E-state index < -0.39 is 0 Å². The van der Waals surface area contributed by atoms with Gasteiger partial charge in [0.1, 0.15) is 17.9 Å². The molecule has 1 N–H and O–H groups in total. The Kier molecular flexibility index (Phi) is 6.75. The van der Waals surface area contributed by atoms with Gasteiger partial charge in [0.2, 0.25) is 11.8 Å². The molecule has 1 aliphatic heterocycles. The molecule has 1 aliphatic rings. The van der Waals surface area contributed by atoms with Crippen LogP contribution in [0.3, 0.4) is 0 Å². The fraction of sp³-hybridized carbons (Fsp3) is 0.214. The minimum absolute atomic E-state index is 0.231. The van der Waals surface area contributed by atoms with E-state index in [1.54, 1.807) is 13.3 Å². The fourth-order valence-electron chi connectivity index (χ4n) is 4.13. The Labute approximate surface area is 210 Å². The summed E-state index contributed by atoms with van der Waals surface area (Å²) in [6, 6.07) is 19.5. The first-order valence-corrected chi connectivity index (χ1v) is 11.8. The second kappa shape index (κ2) is 10.4. The van der Waals surface area contributed by atoms with Crippen LogP contribution in [0.2, 0.25) is 0 Å². The predicted octanol–water partition coefficient (Wildman–Crippen LogP) is 4.39. The number of aromatic nitrogens is 3. The standard InChI is InChI=1S/C28H27N5O3/c1-19-6-11-25-21(15-19)12-14-33(25)28-31-17-24(26(34)30-16-22-5-3-4-13-29-22)27(32-28)36-18-20-7-9-23(35-2)10-8-20/h3-11,13,15,17H,12,14,16,18H2,1-2H3,(H,30,34). The molecule has 2 aromatic heterocycles. The SMILES string of the molecule is COc1ccc(COc2nc(N3CCc4cc(C)ccc43)ncc2C(=O)NCc2ccccn2)cc1. The van der Waals surface area contributed by atoms with Crippen molar-refractivity contribution in [3.63, 3.8) is 0 Å². The molecule has 0 saturated heterocycles. The molecule has 0 atom stereocenters. The number of nitrogens with one attached hydrogen (secondary N) is 1. The number of carbonyl (C=O) groups is 1. The lowest BCUT2D eigenvalue weighted by Gasteiger charge is -2.19. The third-order valence-corrected chi connectivity index (χ3v) is 6.05. The summed E-state index contributed by atoms with van der Waals surface area (Å²) in [6.07, 6.45) is 4.14. The van der Waals surface area contributed by atoms with Crippen LogP contribution in [-0.2, 0) is 19.6 Å². The number of anilines is 2. The molecule has 4 aromatic rings. The number of hydrogen-bond acceptors (Lipinski definition) is 7. The van der Waals surface area contributed by atoms with Crippen LogP contribution < -0.4 is 19.7 Å². The maximum Gasteiger partial charge on any atom is 0.258 e. The van der Waals surface area contributed by atoms with Crippen molar-refractivity contribution in [1.29, 1.82) is 0 Å². The second-order valence-electron chi connectivity index (χ2n) is 8.56. The van der Waals surface area contributed by atoms with Gasteiger partial charge in [-0.1, -0.05) is 35.9 Å². The Morgan fingerprint density at radius 1 is 1.08 bits per heavy atom. The number of ether oxygens (including phenoxy) is 2. The van der Waals surface area contributed by atoms with Gasteiger partial charge in [-0.05, 0) is 54.8 Å². The number of rotatable bonds is 8. The zero-order valence-corrected chi connectivity index (χ0v) is 20.3. The van der Waals surface area contributed by atoms with Crippen LogP contribution in [0, 0.1) is 6.92 Å². The molecule has 0 unspecified atom stereocenters. The van der Waals surface area contributed by atoms with Gasteiger partial charge < -0.3 is 19.7 Å². The highest BCUT2D eigenvalue weighted by molar-refractivity contribution is 5.96. The molecule has 5 rings (SSSR count). The Hall–Kier alpha value is -4.46. The molecule has 36 heavy (non-hydrogen) atoms. The van der Waals surface area contributed by atoms with Gasteiger partial charge in [0.15, 0.2) is 0 Å². The monoisotopic (exact) mass is 481 g/mol. The molecule has 3 heterocycles. The molecule has 182 valence electrons. The zero-order chi connectivity index (χ0) is 24.9. The first-order valence-electron chi connectivity index (χ1n) is 11.8. The van der Waals surface area contributed by atoms with E-state index in [1.807, 2.05) is 42.5 Å². The Bertz CT molecular complexity index is 1360. The van der Waals surface area contributed by atoms with E-state index in [0.29, 0.717) is 5.95 Å². The molecule has 2 aromatic carbocycles. The number of amides is 1. The first kappa shape index (κ1) is 23.3. The van der Waals surface area contributed by atoms with Crippen molar-refractivity contribution in [2.75, 3.05) is 18.6 Å². The van der Waals surface area contributed by atoms with Gasteiger partial charge in [0, 0.05) is 24.6 Å². The summed E-state index contributed by atoms with van der Waals surface area (Å²) < 4.78 is 11.3. The normalized spacial score (nSPS) is 12.2. The quantitative estimate of drug-likeness (QED) is 0.399. The van der Waals surface area contributed by atoms with Gasteiger partial charge >= 0.3 is 0 Å². The number of hydrogen-bond donors (Lipinski definition) is 1. The average Bonchev–Trinajstić information content (AvgIpc) is 3.34. The summed E-state index contributed by atoms with van der Waals surface area (Å²) in [5, 5.41) is 2.89. The highest BCUT2D eigenvalue weighted by Gasteiger charge is 2.25. The van der Waals surface area contributed by atoms with Gasteiger partial charge in [-0.15, -0.1) is 0 Å². The zero-order valence-electron chi connectivity index (χ0n) is 20.3. The lowest BCUT2D eigenvalue weighted by molar-refractivity contribution is 0.0944. The number of aryl methyl sites for hydroxylation is 1. The number of benzene rings is 2. The number of methoxy groups -OCH3 is 1. The fourth-order valence-corrected chi connectivity index (χ4v) is 4.13. The molecule has 8 heteroatoms. The van der Waals surface area contributed by atoms with Gasteiger partial charge in [0.05, 0.1) is 19.3 Å². The number of nitrogens with zero attached hydrogens (tertiary/aromatic N) is 4. The van der Waals surface area contributed by atoms with Crippen molar-refractivity contribution in [1.82, 2.24) is 20.3 Å². The summed E-state index contributed by atoms with van der Waals surface area (Å²) in [5.41, 5.74) is 5.52. The van der Waals surface area contributed by atoms with Crippen molar-refractivity contribution in [3.05, 3.63) is 101 Å². The minimum Gasteiger partial charge on any atom is -0.497 e. The summed E-state index contributed by atoms with van der Waals surface area (Å²) in [6.45, 7) is 3.39. The van der Waals surface area contributed by atoms with Gasteiger partial charge in [-0.25, -0.2) is 4.98 Å². The highest BCUT2D eigenvalue weighted by Crippen LogP contribution is 2.34. The van der Waals surface area contributed by atoms with Crippen LogP contribution in [0.5, 0.6) is 11.6 Å². The molecule has 0 spiro atoms. The van der Waals surface area contributed by atoms with Crippen LogP contribution in [0.4, 0.5) is 11.6 Å². The van der Waals surface area contributed by atoms with Crippen molar-refractivity contribution in [2.24, 2.45) is 0 Å². The molecule has 8 nitrogen and oxygen atoms in total. The van der Waals surface area contributed by atoms with Crippen molar-refractivity contribution in [3.8, 4) is 11.6 Å². The highest BCUT2D eigenvalue weighted by atomic mass is 16.5. The molecule has 0 aliphatic carbocycles. The molecule has 0 bridgehead atoms. The van der Waals surface area contributed by atoms with Gasteiger partial charge in [-0.2, -0.15) is 4.98 Å². The largest absolute Gasteiger partial charge is 0.497 e.